The molecule has 0 fully saturated rings. The fraction of sp³-hybridized carbons (Fsp3) is 0.385. The molecule has 0 radical (unpaired) electrons. The van der Waals surface area contributed by atoms with E-state index in [4.69, 9.17) is 10.3 Å². The predicted molar refractivity (Wildman–Crippen MR) is 67.6 cm³/mol. The Bertz CT molecular complexity index is 519. The Hall–Kier alpha value is -1.84. The van der Waals surface area contributed by atoms with Gasteiger partial charge in [0.15, 0.2) is 5.82 Å². The van der Waals surface area contributed by atoms with Crippen LogP contribution in [0.25, 0.3) is 11.5 Å². The first-order valence-electron chi connectivity index (χ1n) is 5.82. The number of benzene rings is 1. The van der Waals surface area contributed by atoms with Gasteiger partial charge in [0.05, 0.1) is 0 Å². The Labute approximate surface area is 101 Å². The molecule has 17 heavy (non-hydrogen) atoms. The maximum absolute atomic E-state index is 5.77. The topological polar surface area (TPSA) is 64.9 Å². The van der Waals surface area contributed by atoms with Crippen LogP contribution in [0, 0.1) is 6.92 Å². The molecule has 1 heterocycles. The monoisotopic (exact) mass is 231 g/mol. The molecule has 0 aliphatic carbocycles. The third kappa shape index (κ3) is 2.30. The minimum Gasteiger partial charge on any atom is -0.399 e. The van der Waals surface area contributed by atoms with Crippen molar-refractivity contribution in [2.24, 2.45) is 0 Å². The highest BCUT2D eigenvalue weighted by Crippen LogP contribution is 2.26. The summed E-state index contributed by atoms with van der Waals surface area (Å²) in [5.74, 6) is 1.61. The average Bonchev–Trinajstić information content (AvgIpc) is 2.80. The molecule has 0 saturated heterocycles. The second-order valence-corrected chi connectivity index (χ2v) is 4.34. The van der Waals surface area contributed by atoms with Crippen LogP contribution in [0.5, 0.6) is 0 Å². The third-order valence-corrected chi connectivity index (χ3v) is 2.99. The molecule has 1 aromatic heterocycles. The molecule has 1 atom stereocenters. The van der Waals surface area contributed by atoms with Crippen molar-refractivity contribution in [1.82, 2.24) is 10.1 Å². The lowest BCUT2D eigenvalue weighted by molar-refractivity contribution is 0.416. The number of nitrogens with zero attached hydrogens (tertiary/aromatic N) is 2. The van der Waals surface area contributed by atoms with Crippen LogP contribution in [-0.4, -0.2) is 10.1 Å². The van der Waals surface area contributed by atoms with E-state index in [2.05, 4.69) is 24.0 Å². The van der Waals surface area contributed by atoms with Gasteiger partial charge in [0.25, 0.3) is 5.89 Å². The summed E-state index contributed by atoms with van der Waals surface area (Å²) in [6.07, 6.45) is 0.995. The number of aryl methyl sites for hydroxylation is 1. The molecule has 1 unspecified atom stereocenters. The first-order chi connectivity index (χ1) is 8.11. The van der Waals surface area contributed by atoms with Gasteiger partial charge in [-0.3, -0.25) is 0 Å². The van der Waals surface area contributed by atoms with E-state index < -0.39 is 0 Å². The van der Waals surface area contributed by atoms with Crippen molar-refractivity contribution in [3.63, 3.8) is 0 Å². The van der Waals surface area contributed by atoms with E-state index in [0.29, 0.717) is 17.5 Å². The van der Waals surface area contributed by atoms with E-state index in [1.807, 2.05) is 25.1 Å². The summed E-state index contributed by atoms with van der Waals surface area (Å²) < 4.78 is 5.29. The fourth-order valence-electron chi connectivity index (χ4n) is 1.60. The van der Waals surface area contributed by atoms with E-state index >= 15 is 0 Å². The van der Waals surface area contributed by atoms with Crippen LogP contribution in [0.2, 0.25) is 0 Å². The molecule has 4 heteroatoms. The van der Waals surface area contributed by atoms with Gasteiger partial charge in [-0.15, -0.1) is 0 Å². The summed E-state index contributed by atoms with van der Waals surface area (Å²) in [6, 6.07) is 5.69. The number of nitrogens with two attached hydrogens (primary N) is 1. The van der Waals surface area contributed by atoms with Crippen LogP contribution in [0.15, 0.2) is 22.7 Å². The van der Waals surface area contributed by atoms with Gasteiger partial charge in [0, 0.05) is 17.2 Å². The highest BCUT2D eigenvalue weighted by atomic mass is 16.5. The van der Waals surface area contributed by atoms with Gasteiger partial charge in [-0.25, -0.2) is 0 Å². The molecule has 0 amide bonds. The van der Waals surface area contributed by atoms with Crippen LogP contribution >= 0.6 is 0 Å². The molecular formula is C13H17N3O. The first-order valence-corrected chi connectivity index (χ1v) is 5.82. The number of anilines is 1. The standard InChI is InChI=1S/C13H17N3O/c1-4-8(2)12-15-13(17-16-12)11-7-10(14)6-5-9(11)3/h5-8H,4,14H2,1-3H3. The summed E-state index contributed by atoms with van der Waals surface area (Å²) in [4.78, 5) is 4.42. The van der Waals surface area contributed by atoms with Crippen molar-refractivity contribution < 1.29 is 4.52 Å². The average molecular weight is 231 g/mol. The second kappa shape index (κ2) is 4.57. The Morgan fingerprint density at radius 2 is 2.18 bits per heavy atom. The number of rotatable bonds is 3. The highest BCUT2D eigenvalue weighted by molar-refractivity contribution is 5.63. The lowest BCUT2D eigenvalue weighted by atomic mass is 10.1. The molecule has 0 aliphatic heterocycles. The number of aromatic nitrogens is 2. The van der Waals surface area contributed by atoms with Gasteiger partial charge in [-0.1, -0.05) is 25.1 Å². The first kappa shape index (κ1) is 11.6. The Morgan fingerprint density at radius 3 is 2.88 bits per heavy atom. The van der Waals surface area contributed by atoms with Crippen molar-refractivity contribution in [3.8, 4) is 11.5 Å². The SMILES string of the molecule is CCC(C)c1noc(-c2cc(N)ccc2C)n1. The van der Waals surface area contributed by atoms with Gasteiger partial charge in [0.1, 0.15) is 0 Å². The Morgan fingerprint density at radius 1 is 1.41 bits per heavy atom. The molecule has 1 aromatic carbocycles. The van der Waals surface area contributed by atoms with Crippen molar-refractivity contribution in [2.75, 3.05) is 5.73 Å². The zero-order chi connectivity index (χ0) is 12.4. The molecule has 0 aliphatic rings. The van der Waals surface area contributed by atoms with Crippen LogP contribution in [0.4, 0.5) is 5.69 Å². The Kier molecular flexibility index (Phi) is 3.13. The van der Waals surface area contributed by atoms with Crippen LogP contribution in [-0.2, 0) is 0 Å². The summed E-state index contributed by atoms with van der Waals surface area (Å²) in [7, 11) is 0. The molecular weight excluding hydrogens is 214 g/mol. The summed E-state index contributed by atoms with van der Waals surface area (Å²) in [6.45, 7) is 6.19. The second-order valence-electron chi connectivity index (χ2n) is 4.34. The number of hydrogen-bond donors (Lipinski definition) is 1. The fourth-order valence-corrected chi connectivity index (χ4v) is 1.60. The quantitative estimate of drug-likeness (QED) is 0.824. The molecule has 2 rings (SSSR count). The molecule has 4 nitrogen and oxygen atoms in total. The van der Waals surface area contributed by atoms with Gasteiger partial charge < -0.3 is 10.3 Å². The van der Waals surface area contributed by atoms with E-state index in [9.17, 15) is 0 Å². The number of hydrogen-bond acceptors (Lipinski definition) is 4. The largest absolute Gasteiger partial charge is 0.399 e. The zero-order valence-electron chi connectivity index (χ0n) is 10.4. The highest BCUT2D eigenvalue weighted by Gasteiger charge is 2.14. The van der Waals surface area contributed by atoms with Crippen molar-refractivity contribution in [3.05, 3.63) is 29.6 Å². The molecule has 0 spiro atoms. The van der Waals surface area contributed by atoms with Crippen LogP contribution in [0.1, 0.15) is 37.6 Å². The summed E-state index contributed by atoms with van der Waals surface area (Å²) in [5, 5.41) is 4.01. The van der Waals surface area contributed by atoms with E-state index in [-0.39, 0.29) is 0 Å². The summed E-state index contributed by atoms with van der Waals surface area (Å²) >= 11 is 0. The normalized spacial score (nSPS) is 12.6. The third-order valence-electron chi connectivity index (χ3n) is 2.99. The minimum absolute atomic E-state index is 0.314. The predicted octanol–water partition coefficient (Wildman–Crippen LogP) is 3.14. The van der Waals surface area contributed by atoms with Crippen molar-refractivity contribution in [2.45, 2.75) is 33.1 Å². The van der Waals surface area contributed by atoms with Gasteiger partial charge in [-0.05, 0) is 31.0 Å². The maximum Gasteiger partial charge on any atom is 0.258 e. The van der Waals surface area contributed by atoms with Gasteiger partial charge >= 0.3 is 0 Å². The number of nitrogen functional groups attached to an aromatic ring is 1. The van der Waals surface area contributed by atoms with Crippen LogP contribution in [0.3, 0.4) is 0 Å². The molecule has 2 aromatic rings. The van der Waals surface area contributed by atoms with Crippen molar-refractivity contribution >= 4 is 5.69 Å². The zero-order valence-corrected chi connectivity index (χ0v) is 10.4. The molecule has 2 N–H and O–H groups in total. The summed E-state index contributed by atoms with van der Waals surface area (Å²) in [5.41, 5.74) is 8.46. The van der Waals surface area contributed by atoms with Gasteiger partial charge in [0.2, 0.25) is 0 Å². The van der Waals surface area contributed by atoms with E-state index in [1.165, 1.54) is 0 Å². The molecule has 0 saturated carbocycles. The Balaban J connectivity index is 2.40. The lowest BCUT2D eigenvalue weighted by Crippen LogP contribution is -1.94. The van der Waals surface area contributed by atoms with E-state index in [1.54, 1.807) is 0 Å². The van der Waals surface area contributed by atoms with Crippen LogP contribution < -0.4 is 5.73 Å². The molecule has 90 valence electrons. The van der Waals surface area contributed by atoms with E-state index in [0.717, 1.165) is 23.4 Å². The molecule has 0 bridgehead atoms. The lowest BCUT2D eigenvalue weighted by Gasteiger charge is -2.02. The minimum atomic E-state index is 0.314. The van der Waals surface area contributed by atoms with Crippen molar-refractivity contribution in [1.29, 1.82) is 0 Å². The maximum atomic E-state index is 5.77. The van der Waals surface area contributed by atoms with Gasteiger partial charge in [-0.2, -0.15) is 4.98 Å². The smallest absolute Gasteiger partial charge is 0.258 e.